The Morgan fingerprint density at radius 3 is 2.59 bits per heavy atom. The van der Waals surface area contributed by atoms with Gasteiger partial charge in [0.2, 0.25) is 0 Å². The zero-order valence-corrected chi connectivity index (χ0v) is 21.9. The van der Waals surface area contributed by atoms with Gasteiger partial charge in [0.25, 0.3) is 5.91 Å². The SMILES string of the molecule is COc1ccc2ccc(-c3nc(N)cc(C(=O)N[C@H]4CC[C@@H](N(C)C)CC4)n3)cc2c1NCC(C)C#N. The van der Waals surface area contributed by atoms with Gasteiger partial charge in [0.15, 0.2) is 5.82 Å². The van der Waals surface area contributed by atoms with Gasteiger partial charge in [-0.3, -0.25) is 4.79 Å². The second-order valence-corrected chi connectivity index (χ2v) is 9.93. The number of benzene rings is 2. The molecule has 1 aliphatic carbocycles. The Morgan fingerprint density at radius 1 is 1.19 bits per heavy atom. The maximum absolute atomic E-state index is 13.1. The van der Waals surface area contributed by atoms with E-state index < -0.39 is 0 Å². The molecule has 9 nitrogen and oxygen atoms in total. The number of fused-ring (bicyclic) bond motifs is 1. The van der Waals surface area contributed by atoms with E-state index in [1.54, 1.807) is 7.11 Å². The van der Waals surface area contributed by atoms with Crippen LogP contribution in [0.25, 0.3) is 22.2 Å². The van der Waals surface area contributed by atoms with Gasteiger partial charge in [-0.1, -0.05) is 18.2 Å². The quantitative estimate of drug-likeness (QED) is 0.421. The summed E-state index contributed by atoms with van der Waals surface area (Å²) in [6.45, 7) is 2.34. The van der Waals surface area contributed by atoms with Crippen LogP contribution in [0.15, 0.2) is 36.4 Å². The Balaban J connectivity index is 1.61. The predicted octanol–water partition coefficient (Wildman–Crippen LogP) is 4.06. The lowest BCUT2D eigenvalue weighted by Crippen LogP contribution is -2.42. The van der Waals surface area contributed by atoms with E-state index in [2.05, 4.69) is 45.7 Å². The Morgan fingerprint density at radius 2 is 1.92 bits per heavy atom. The molecule has 0 spiro atoms. The van der Waals surface area contributed by atoms with E-state index in [1.807, 2.05) is 37.3 Å². The third-order valence-corrected chi connectivity index (χ3v) is 7.01. The van der Waals surface area contributed by atoms with Gasteiger partial charge in [-0.25, -0.2) is 9.97 Å². The summed E-state index contributed by atoms with van der Waals surface area (Å²) in [6, 6.07) is 14.1. The van der Waals surface area contributed by atoms with Gasteiger partial charge in [0.05, 0.1) is 24.8 Å². The van der Waals surface area contributed by atoms with Crippen molar-refractivity contribution in [3.63, 3.8) is 0 Å². The highest BCUT2D eigenvalue weighted by molar-refractivity contribution is 5.99. The molecule has 1 amide bonds. The molecule has 1 unspecified atom stereocenters. The summed E-state index contributed by atoms with van der Waals surface area (Å²) in [6.07, 6.45) is 3.99. The molecule has 0 aliphatic heterocycles. The number of nitrogen functional groups attached to an aromatic ring is 1. The van der Waals surface area contributed by atoms with Gasteiger partial charge in [0.1, 0.15) is 17.3 Å². The number of anilines is 2. The van der Waals surface area contributed by atoms with Gasteiger partial charge in [-0.05, 0) is 64.2 Å². The lowest BCUT2D eigenvalue weighted by atomic mass is 9.90. The van der Waals surface area contributed by atoms with E-state index in [9.17, 15) is 10.1 Å². The van der Waals surface area contributed by atoms with Gasteiger partial charge in [-0.2, -0.15) is 5.26 Å². The molecule has 1 fully saturated rings. The fraction of sp³-hybridized carbons (Fsp3) is 0.429. The number of carbonyl (C=O) groups excluding carboxylic acids is 1. The number of nitrogens with one attached hydrogen (secondary N) is 2. The molecule has 2 aromatic carbocycles. The molecule has 37 heavy (non-hydrogen) atoms. The van der Waals surface area contributed by atoms with E-state index in [1.165, 1.54) is 6.07 Å². The number of hydrogen-bond acceptors (Lipinski definition) is 8. The second-order valence-electron chi connectivity index (χ2n) is 9.93. The number of aromatic nitrogens is 2. The third kappa shape index (κ3) is 6.09. The summed E-state index contributed by atoms with van der Waals surface area (Å²) in [5, 5.41) is 17.6. The molecular weight excluding hydrogens is 466 g/mol. The van der Waals surface area contributed by atoms with Crippen LogP contribution in [0.3, 0.4) is 0 Å². The molecule has 0 bridgehead atoms. The van der Waals surface area contributed by atoms with Crippen molar-refractivity contribution >= 4 is 28.2 Å². The van der Waals surface area contributed by atoms with Gasteiger partial charge in [0, 0.05) is 35.6 Å². The van der Waals surface area contributed by atoms with E-state index in [4.69, 9.17) is 10.5 Å². The van der Waals surface area contributed by atoms with Crippen LogP contribution < -0.4 is 21.1 Å². The van der Waals surface area contributed by atoms with Crippen LogP contribution in [0.1, 0.15) is 43.1 Å². The first-order valence-corrected chi connectivity index (χ1v) is 12.7. The van der Waals surface area contributed by atoms with E-state index in [0.29, 0.717) is 24.2 Å². The molecule has 1 heterocycles. The van der Waals surface area contributed by atoms with Crippen LogP contribution in [0.5, 0.6) is 5.75 Å². The highest BCUT2D eigenvalue weighted by Crippen LogP contribution is 2.35. The Labute approximate surface area is 218 Å². The van der Waals surface area contributed by atoms with Crippen molar-refractivity contribution in [2.45, 2.75) is 44.7 Å². The van der Waals surface area contributed by atoms with Crippen molar-refractivity contribution in [3.05, 3.63) is 42.1 Å². The summed E-state index contributed by atoms with van der Waals surface area (Å²) in [5.41, 5.74) is 7.88. The number of ether oxygens (including phenoxy) is 1. The number of hydrogen-bond donors (Lipinski definition) is 3. The minimum atomic E-state index is -0.237. The van der Waals surface area contributed by atoms with Crippen molar-refractivity contribution in [1.29, 1.82) is 5.26 Å². The van der Waals surface area contributed by atoms with Crippen LogP contribution in [-0.4, -0.2) is 60.6 Å². The van der Waals surface area contributed by atoms with Crippen molar-refractivity contribution in [3.8, 4) is 23.2 Å². The van der Waals surface area contributed by atoms with Crippen LogP contribution in [-0.2, 0) is 0 Å². The van der Waals surface area contributed by atoms with Crippen molar-refractivity contribution in [1.82, 2.24) is 20.2 Å². The average Bonchev–Trinajstić information content (AvgIpc) is 2.90. The minimum absolute atomic E-state index is 0.126. The average molecular weight is 502 g/mol. The van der Waals surface area contributed by atoms with Gasteiger partial charge in [-0.15, -0.1) is 0 Å². The van der Waals surface area contributed by atoms with E-state index in [0.717, 1.165) is 47.7 Å². The first-order chi connectivity index (χ1) is 17.8. The topological polar surface area (TPSA) is 129 Å². The molecule has 1 aromatic heterocycles. The molecule has 1 aliphatic rings. The maximum Gasteiger partial charge on any atom is 0.270 e. The van der Waals surface area contributed by atoms with Crippen molar-refractivity contribution < 1.29 is 9.53 Å². The molecule has 194 valence electrons. The molecule has 9 heteroatoms. The second kappa shape index (κ2) is 11.4. The van der Waals surface area contributed by atoms with Gasteiger partial charge >= 0.3 is 0 Å². The number of nitrogens with zero attached hydrogens (tertiary/aromatic N) is 4. The normalized spacial score (nSPS) is 18.3. The first-order valence-electron chi connectivity index (χ1n) is 12.7. The van der Waals surface area contributed by atoms with Crippen molar-refractivity contribution in [2.24, 2.45) is 5.92 Å². The summed E-state index contributed by atoms with van der Waals surface area (Å²) in [5.74, 6) is 0.881. The fourth-order valence-electron chi connectivity index (χ4n) is 4.80. The van der Waals surface area contributed by atoms with Crippen LogP contribution in [0.4, 0.5) is 11.5 Å². The molecule has 4 rings (SSSR count). The van der Waals surface area contributed by atoms with Crippen LogP contribution >= 0.6 is 0 Å². The maximum atomic E-state index is 13.1. The number of rotatable bonds is 8. The summed E-state index contributed by atoms with van der Waals surface area (Å²) >= 11 is 0. The zero-order valence-electron chi connectivity index (χ0n) is 21.9. The first kappa shape index (κ1) is 26.2. The van der Waals surface area contributed by atoms with Crippen molar-refractivity contribution in [2.75, 3.05) is 38.8 Å². The standard InChI is InChI=1S/C28H35N7O2/c1-17(15-29)16-31-26-22-13-19(6-5-18(22)7-12-24(26)37-4)27-33-23(14-25(30)34-27)28(36)32-20-8-10-21(11-9-20)35(2)3/h5-7,12-14,17,20-21,31H,8-11,16H2,1-4H3,(H,32,36)(H2,30,33,34)/t17?,20-,21+. The molecule has 1 atom stereocenters. The van der Waals surface area contributed by atoms with E-state index >= 15 is 0 Å². The number of nitriles is 1. The van der Waals surface area contributed by atoms with E-state index in [-0.39, 0.29) is 29.4 Å². The fourth-order valence-corrected chi connectivity index (χ4v) is 4.80. The number of methoxy groups -OCH3 is 1. The Hall–Kier alpha value is -3.90. The molecule has 0 saturated heterocycles. The minimum Gasteiger partial charge on any atom is -0.495 e. The largest absolute Gasteiger partial charge is 0.495 e. The molecule has 4 N–H and O–H groups in total. The monoisotopic (exact) mass is 501 g/mol. The van der Waals surface area contributed by atoms with Gasteiger partial charge < -0.3 is 26.0 Å². The summed E-state index contributed by atoms with van der Waals surface area (Å²) < 4.78 is 5.57. The molecule has 1 saturated carbocycles. The Kier molecular flexibility index (Phi) is 8.09. The predicted molar refractivity (Wildman–Crippen MR) is 146 cm³/mol. The Bertz CT molecular complexity index is 1310. The highest BCUT2D eigenvalue weighted by Gasteiger charge is 2.24. The lowest BCUT2D eigenvalue weighted by molar-refractivity contribution is 0.0911. The summed E-state index contributed by atoms with van der Waals surface area (Å²) in [7, 11) is 5.82. The zero-order chi connectivity index (χ0) is 26.5. The molecular formula is C28H35N7O2. The smallest absolute Gasteiger partial charge is 0.270 e. The van der Waals surface area contributed by atoms with Crippen LogP contribution in [0, 0.1) is 17.2 Å². The molecule has 3 aromatic rings. The highest BCUT2D eigenvalue weighted by atomic mass is 16.5. The number of carbonyl (C=O) groups is 1. The van der Waals surface area contributed by atoms with Crippen LogP contribution in [0.2, 0.25) is 0 Å². The third-order valence-electron chi connectivity index (χ3n) is 7.01. The number of amides is 1. The summed E-state index contributed by atoms with van der Waals surface area (Å²) in [4.78, 5) is 24.3. The lowest BCUT2D eigenvalue weighted by Gasteiger charge is -2.32. The molecule has 0 radical (unpaired) electrons. The number of nitrogens with two attached hydrogens (primary N) is 1.